The molecule has 0 spiro atoms. The van der Waals surface area contributed by atoms with Crippen molar-refractivity contribution in [3.63, 3.8) is 0 Å². The van der Waals surface area contributed by atoms with E-state index < -0.39 is 21.9 Å². The van der Waals surface area contributed by atoms with Gasteiger partial charge in [-0.15, -0.1) is 11.3 Å². The Bertz CT molecular complexity index is 1290. The Kier molecular flexibility index (Phi) is 4.00. The molecular weight excluding hydrogens is 423 g/mol. The van der Waals surface area contributed by atoms with Crippen LogP contribution in [0.25, 0.3) is 26.0 Å². The predicted molar refractivity (Wildman–Crippen MR) is 97.8 cm³/mol. The third-order valence-corrected chi connectivity index (χ3v) is 6.26. The highest BCUT2D eigenvalue weighted by Gasteiger charge is 2.38. The number of hydrogen-bond donors (Lipinski definition) is 1. The summed E-state index contributed by atoms with van der Waals surface area (Å²) in [4.78, 5) is -0.149. The van der Waals surface area contributed by atoms with Gasteiger partial charge in [-0.3, -0.25) is 0 Å². The van der Waals surface area contributed by atoms with E-state index in [1.807, 2.05) is 0 Å². The summed E-state index contributed by atoms with van der Waals surface area (Å²) in [7, 11) is -3.92. The van der Waals surface area contributed by atoms with Crippen molar-refractivity contribution in [1.82, 2.24) is 9.78 Å². The van der Waals surface area contributed by atoms with Crippen molar-refractivity contribution in [2.45, 2.75) is 11.1 Å². The van der Waals surface area contributed by atoms with Gasteiger partial charge in [-0.25, -0.2) is 18.2 Å². The minimum atomic E-state index is -4.64. The summed E-state index contributed by atoms with van der Waals surface area (Å²) < 4.78 is 65.0. The third-order valence-electron chi connectivity index (χ3n) is 3.93. The Balaban J connectivity index is 2.05. The fraction of sp³-hybridized carbons (Fsp3) is 0.0625. The molecule has 0 fully saturated rings. The summed E-state index contributed by atoms with van der Waals surface area (Å²) in [5.41, 5.74) is -0.485. The lowest BCUT2D eigenvalue weighted by molar-refractivity contribution is -0.140. The zero-order chi connectivity index (χ0) is 19.6. The molecule has 27 heavy (non-hydrogen) atoms. The first-order valence-electron chi connectivity index (χ1n) is 7.37. The average molecular weight is 432 g/mol. The first-order valence-corrected chi connectivity index (χ1v) is 10.1. The maximum Gasteiger partial charge on any atom is 0.436 e. The van der Waals surface area contributed by atoms with Gasteiger partial charge in [-0.05, 0) is 42.5 Å². The number of nitrogens with zero attached hydrogens (tertiary/aromatic N) is 2. The van der Waals surface area contributed by atoms with Crippen molar-refractivity contribution in [3.05, 3.63) is 53.2 Å². The van der Waals surface area contributed by atoms with E-state index >= 15 is 0 Å². The van der Waals surface area contributed by atoms with E-state index in [0.717, 1.165) is 16.0 Å². The molecule has 0 amide bonds. The Morgan fingerprint density at radius 2 is 1.78 bits per heavy atom. The minimum absolute atomic E-state index is 0.0183. The molecule has 0 radical (unpaired) electrons. The van der Waals surface area contributed by atoms with Crippen molar-refractivity contribution >= 4 is 53.3 Å². The Hall–Kier alpha value is -2.14. The molecule has 2 heterocycles. The summed E-state index contributed by atoms with van der Waals surface area (Å²) in [5.74, 6) is 0. The Morgan fingerprint density at radius 3 is 2.37 bits per heavy atom. The normalized spacial score (nSPS) is 12.9. The van der Waals surface area contributed by atoms with Crippen LogP contribution in [0.3, 0.4) is 0 Å². The number of hydrogen-bond acceptors (Lipinski definition) is 4. The van der Waals surface area contributed by atoms with Gasteiger partial charge in [0.25, 0.3) is 0 Å². The quantitative estimate of drug-likeness (QED) is 0.505. The van der Waals surface area contributed by atoms with Crippen LogP contribution >= 0.6 is 22.9 Å². The number of halogens is 4. The molecule has 0 aliphatic heterocycles. The van der Waals surface area contributed by atoms with Crippen molar-refractivity contribution in [2.75, 3.05) is 0 Å². The van der Waals surface area contributed by atoms with Crippen molar-refractivity contribution in [2.24, 2.45) is 5.14 Å². The molecule has 5 nitrogen and oxygen atoms in total. The van der Waals surface area contributed by atoms with Crippen LogP contribution in [0.15, 0.2) is 47.4 Å². The smallest absolute Gasteiger partial charge is 0.231 e. The number of aromatic nitrogens is 2. The minimum Gasteiger partial charge on any atom is -0.231 e. The van der Waals surface area contributed by atoms with Gasteiger partial charge in [-0.1, -0.05) is 11.6 Å². The fourth-order valence-electron chi connectivity index (χ4n) is 2.77. The van der Waals surface area contributed by atoms with Crippen molar-refractivity contribution < 1.29 is 21.6 Å². The van der Waals surface area contributed by atoms with Gasteiger partial charge in [0.15, 0.2) is 5.69 Å². The molecule has 11 heteroatoms. The van der Waals surface area contributed by atoms with E-state index in [1.165, 1.54) is 24.3 Å². The van der Waals surface area contributed by atoms with E-state index in [0.29, 0.717) is 15.1 Å². The lowest BCUT2D eigenvalue weighted by atomic mass is 10.2. The molecular formula is C16H9ClF3N3O2S2. The first-order chi connectivity index (χ1) is 12.6. The number of fused-ring (bicyclic) bond motifs is 3. The fourth-order valence-corrected chi connectivity index (χ4v) is 4.63. The first kappa shape index (κ1) is 18.2. The van der Waals surface area contributed by atoms with Crippen LogP contribution in [0.2, 0.25) is 5.02 Å². The monoisotopic (exact) mass is 431 g/mol. The van der Waals surface area contributed by atoms with Crippen LogP contribution in [0.4, 0.5) is 13.2 Å². The molecule has 140 valence electrons. The number of sulfonamides is 1. The number of alkyl halides is 3. The van der Waals surface area contributed by atoms with Crippen LogP contribution in [0, 0.1) is 0 Å². The topological polar surface area (TPSA) is 78.0 Å². The lowest BCUT2D eigenvalue weighted by Gasteiger charge is -2.06. The molecule has 0 aliphatic rings. The maximum absolute atomic E-state index is 13.5. The molecule has 4 aromatic rings. The molecule has 0 saturated heterocycles. The molecule has 2 N–H and O–H groups in total. The van der Waals surface area contributed by atoms with Gasteiger partial charge in [-0.2, -0.15) is 18.3 Å². The van der Waals surface area contributed by atoms with Gasteiger partial charge in [0, 0.05) is 15.1 Å². The second kappa shape index (κ2) is 5.93. The SMILES string of the molecule is NS(=O)(=O)c1ccc(-n2nc(C(F)(F)F)c3sc4ccc(Cl)cc4c32)cc1. The van der Waals surface area contributed by atoms with Crippen LogP contribution in [0.5, 0.6) is 0 Å². The zero-order valence-electron chi connectivity index (χ0n) is 13.2. The van der Waals surface area contributed by atoms with Gasteiger partial charge < -0.3 is 0 Å². The molecule has 0 saturated carbocycles. The van der Waals surface area contributed by atoms with E-state index in [-0.39, 0.29) is 20.8 Å². The predicted octanol–water partition coefficient (Wildman–Crippen LogP) is 4.56. The third kappa shape index (κ3) is 3.08. The van der Waals surface area contributed by atoms with E-state index in [1.54, 1.807) is 18.2 Å². The largest absolute Gasteiger partial charge is 0.436 e. The van der Waals surface area contributed by atoms with Gasteiger partial charge >= 0.3 is 6.18 Å². The second-order valence-corrected chi connectivity index (χ2v) is 8.77. The van der Waals surface area contributed by atoms with Gasteiger partial charge in [0.05, 0.1) is 20.8 Å². The Labute approximate surface area is 159 Å². The number of rotatable bonds is 2. The van der Waals surface area contributed by atoms with Crippen LogP contribution in [-0.4, -0.2) is 18.2 Å². The Morgan fingerprint density at radius 1 is 1.11 bits per heavy atom. The highest BCUT2D eigenvalue weighted by molar-refractivity contribution is 7.89. The molecule has 0 aliphatic carbocycles. The highest BCUT2D eigenvalue weighted by Crippen LogP contribution is 2.43. The summed E-state index contributed by atoms with van der Waals surface area (Å²) in [6.07, 6.45) is -4.64. The van der Waals surface area contributed by atoms with E-state index in [2.05, 4.69) is 5.10 Å². The zero-order valence-corrected chi connectivity index (χ0v) is 15.5. The number of primary sulfonamides is 1. The molecule has 0 unspecified atom stereocenters. The summed E-state index contributed by atoms with van der Waals surface area (Å²) in [6, 6.07) is 9.95. The van der Waals surface area contributed by atoms with Crippen LogP contribution < -0.4 is 5.14 Å². The standard InChI is InChI=1S/C16H9ClF3N3O2S2/c17-8-1-6-12-11(7-8)13-14(26-12)15(16(18,19)20)22-23(13)9-2-4-10(5-3-9)27(21,24)25/h1-7H,(H2,21,24,25). The highest BCUT2D eigenvalue weighted by atomic mass is 35.5. The molecule has 0 atom stereocenters. The molecule has 2 aromatic heterocycles. The number of nitrogens with two attached hydrogens (primary N) is 1. The molecule has 4 rings (SSSR count). The number of thiophene rings is 1. The molecule has 2 aromatic carbocycles. The summed E-state index contributed by atoms with van der Waals surface area (Å²) in [6.45, 7) is 0. The van der Waals surface area contributed by atoms with Crippen LogP contribution in [-0.2, 0) is 16.2 Å². The summed E-state index contributed by atoms with van der Waals surface area (Å²) in [5, 5.41) is 9.71. The second-order valence-electron chi connectivity index (χ2n) is 5.72. The average Bonchev–Trinajstić information content (AvgIpc) is 3.11. The van der Waals surface area contributed by atoms with Crippen LogP contribution in [0.1, 0.15) is 5.69 Å². The van der Waals surface area contributed by atoms with E-state index in [9.17, 15) is 21.6 Å². The van der Waals surface area contributed by atoms with E-state index in [4.69, 9.17) is 16.7 Å². The van der Waals surface area contributed by atoms with Crippen molar-refractivity contribution in [3.8, 4) is 5.69 Å². The van der Waals surface area contributed by atoms with Gasteiger partial charge in [0.2, 0.25) is 10.0 Å². The maximum atomic E-state index is 13.5. The molecule has 0 bridgehead atoms. The summed E-state index contributed by atoms with van der Waals surface area (Å²) >= 11 is 6.98. The van der Waals surface area contributed by atoms with Gasteiger partial charge in [0.1, 0.15) is 0 Å². The lowest BCUT2D eigenvalue weighted by Crippen LogP contribution is -2.12. The number of benzene rings is 2. The van der Waals surface area contributed by atoms with Crippen molar-refractivity contribution in [1.29, 1.82) is 0 Å².